The summed E-state index contributed by atoms with van der Waals surface area (Å²) in [6, 6.07) is 0.0851. The first-order valence-corrected chi connectivity index (χ1v) is 7.68. The van der Waals surface area contributed by atoms with E-state index in [2.05, 4.69) is 5.32 Å². The van der Waals surface area contributed by atoms with Crippen molar-refractivity contribution in [1.29, 1.82) is 0 Å². The van der Waals surface area contributed by atoms with Crippen molar-refractivity contribution in [3.8, 4) is 0 Å². The number of hydrogen-bond acceptors (Lipinski definition) is 3. The Labute approximate surface area is 126 Å². The van der Waals surface area contributed by atoms with Crippen molar-refractivity contribution >= 4 is 23.6 Å². The van der Waals surface area contributed by atoms with Crippen molar-refractivity contribution < 1.29 is 14.3 Å². The van der Waals surface area contributed by atoms with Crippen molar-refractivity contribution in [3.63, 3.8) is 0 Å². The van der Waals surface area contributed by atoms with E-state index in [1.54, 1.807) is 0 Å². The largest absolute Gasteiger partial charge is 0.444 e. The first kappa shape index (κ1) is 17.1. The summed E-state index contributed by atoms with van der Waals surface area (Å²) in [6.07, 6.45) is 2.38. The standard InChI is InChI=1S/C14H25ClN2O3/c1-14(2,3)20-13(19)16-11-6-9-17(10-7-11)12(18)5-4-8-15/h11H,4-10H2,1-3H3,(H,16,19). The number of carbonyl (C=O) groups excluding carboxylic acids is 2. The van der Waals surface area contributed by atoms with Gasteiger partial charge < -0.3 is 15.0 Å². The minimum atomic E-state index is -0.484. The molecule has 0 bridgehead atoms. The van der Waals surface area contributed by atoms with Gasteiger partial charge in [0, 0.05) is 31.4 Å². The summed E-state index contributed by atoms with van der Waals surface area (Å²) in [7, 11) is 0. The van der Waals surface area contributed by atoms with Crippen molar-refractivity contribution in [3.05, 3.63) is 0 Å². The Morgan fingerprint density at radius 3 is 2.40 bits per heavy atom. The molecule has 1 heterocycles. The fourth-order valence-electron chi connectivity index (χ4n) is 2.12. The highest BCUT2D eigenvalue weighted by molar-refractivity contribution is 6.17. The van der Waals surface area contributed by atoms with Crippen LogP contribution in [-0.4, -0.2) is 47.5 Å². The number of rotatable bonds is 4. The number of nitrogens with one attached hydrogen (secondary N) is 1. The molecule has 5 nitrogen and oxygen atoms in total. The number of halogens is 1. The molecule has 2 amide bonds. The Bertz CT molecular complexity index is 334. The van der Waals surface area contributed by atoms with Crippen LogP contribution in [0, 0.1) is 0 Å². The summed E-state index contributed by atoms with van der Waals surface area (Å²) >= 11 is 5.59. The molecule has 0 aromatic rings. The number of nitrogens with zero attached hydrogens (tertiary/aromatic N) is 1. The van der Waals surface area contributed by atoms with Gasteiger partial charge in [-0.25, -0.2) is 4.79 Å². The molecule has 0 spiro atoms. The predicted octanol–water partition coefficient (Wildman–Crippen LogP) is 2.52. The summed E-state index contributed by atoms with van der Waals surface area (Å²) < 4.78 is 5.22. The molecule has 0 aliphatic carbocycles. The van der Waals surface area contributed by atoms with Crippen LogP contribution < -0.4 is 5.32 Å². The van der Waals surface area contributed by atoms with Crippen LogP contribution in [0.3, 0.4) is 0 Å². The van der Waals surface area contributed by atoms with Gasteiger partial charge in [0.2, 0.25) is 5.91 Å². The van der Waals surface area contributed by atoms with Crippen LogP contribution in [0.4, 0.5) is 4.79 Å². The first-order chi connectivity index (χ1) is 9.31. The van der Waals surface area contributed by atoms with Crippen LogP contribution in [0.1, 0.15) is 46.5 Å². The molecule has 1 fully saturated rings. The second-order valence-corrected chi connectivity index (χ2v) is 6.47. The number of amides is 2. The SMILES string of the molecule is CC(C)(C)OC(=O)NC1CCN(C(=O)CCCCl)CC1. The van der Waals surface area contributed by atoms with Crippen molar-refractivity contribution in [1.82, 2.24) is 10.2 Å². The minimum Gasteiger partial charge on any atom is -0.444 e. The van der Waals surface area contributed by atoms with Gasteiger partial charge >= 0.3 is 6.09 Å². The maximum absolute atomic E-state index is 11.8. The van der Waals surface area contributed by atoms with Gasteiger partial charge in [0.25, 0.3) is 0 Å². The van der Waals surface area contributed by atoms with Crippen LogP contribution in [0.25, 0.3) is 0 Å². The van der Waals surface area contributed by atoms with Gasteiger partial charge in [-0.3, -0.25) is 4.79 Å². The topological polar surface area (TPSA) is 58.6 Å². The number of carbonyl (C=O) groups is 2. The number of alkyl halides is 1. The zero-order valence-corrected chi connectivity index (χ0v) is 13.3. The molecule has 0 radical (unpaired) electrons. The first-order valence-electron chi connectivity index (χ1n) is 7.15. The molecular weight excluding hydrogens is 280 g/mol. The van der Waals surface area contributed by atoms with Gasteiger partial charge in [-0.1, -0.05) is 0 Å². The monoisotopic (exact) mass is 304 g/mol. The Morgan fingerprint density at radius 1 is 1.30 bits per heavy atom. The lowest BCUT2D eigenvalue weighted by Crippen LogP contribution is -2.47. The maximum atomic E-state index is 11.8. The lowest BCUT2D eigenvalue weighted by Gasteiger charge is -2.33. The Kier molecular flexibility index (Phi) is 6.59. The van der Waals surface area contributed by atoms with Crippen LogP contribution >= 0.6 is 11.6 Å². The number of piperidine rings is 1. The molecule has 0 saturated carbocycles. The van der Waals surface area contributed by atoms with E-state index in [1.165, 1.54) is 0 Å². The van der Waals surface area contributed by atoms with Crippen LogP contribution in [0.2, 0.25) is 0 Å². The van der Waals surface area contributed by atoms with Crippen LogP contribution in [0.15, 0.2) is 0 Å². The van der Waals surface area contributed by atoms with Gasteiger partial charge in [0.05, 0.1) is 0 Å². The molecule has 20 heavy (non-hydrogen) atoms. The molecular formula is C14H25ClN2O3. The smallest absolute Gasteiger partial charge is 0.407 e. The van der Waals surface area contributed by atoms with E-state index in [1.807, 2.05) is 25.7 Å². The molecule has 0 aromatic heterocycles. The summed E-state index contributed by atoms with van der Waals surface area (Å²) in [5.41, 5.74) is -0.484. The van der Waals surface area contributed by atoms with Crippen molar-refractivity contribution in [2.75, 3.05) is 19.0 Å². The predicted molar refractivity (Wildman–Crippen MR) is 78.9 cm³/mol. The molecule has 1 rings (SSSR count). The molecule has 0 atom stereocenters. The second-order valence-electron chi connectivity index (χ2n) is 6.09. The molecule has 1 aliphatic rings. The maximum Gasteiger partial charge on any atom is 0.407 e. The van der Waals surface area contributed by atoms with Crippen LogP contribution in [-0.2, 0) is 9.53 Å². The highest BCUT2D eigenvalue weighted by Gasteiger charge is 2.25. The van der Waals surface area contributed by atoms with E-state index in [9.17, 15) is 9.59 Å². The summed E-state index contributed by atoms with van der Waals surface area (Å²) in [5, 5.41) is 2.86. The fourth-order valence-corrected chi connectivity index (χ4v) is 2.26. The van der Waals surface area contributed by atoms with Gasteiger partial charge in [0.1, 0.15) is 5.60 Å². The zero-order chi connectivity index (χ0) is 15.2. The van der Waals surface area contributed by atoms with E-state index in [0.717, 1.165) is 19.3 Å². The average molecular weight is 305 g/mol. The summed E-state index contributed by atoms with van der Waals surface area (Å²) in [5.74, 6) is 0.670. The summed E-state index contributed by atoms with van der Waals surface area (Å²) in [4.78, 5) is 25.3. The van der Waals surface area contributed by atoms with E-state index >= 15 is 0 Å². The quantitative estimate of drug-likeness (QED) is 0.812. The third-order valence-electron chi connectivity index (χ3n) is 3.09. The molecule has 6 heteroatoms. The van der Waals surface area contributed by atoms with E-state index in [0.29, 0.717) is 25.4 Å². The third-order valence-corrected chi connectivity index (χ3v) is 3.36. The number of ether oxygens (including phenoxy) is 1. The number of likely N-dealkylation sites (tertiary alicyclic amines) is 1. The summed E-state index contributed by atoms with van der Waals surface area (Å²) in [6.45, 7) is 6.88. The highest BCUT2D eigenvalue weighted by atomic mass is 35.5. The fraction of sp³-hybridized carbons (Fsp3) is 0.857. The number of hydrogen-bond donors (Lipinski definition) is 1. The third kappa shape index (κ3) is 6.46. The lowest BCUT2D eigenvalue weighted by molar-refractivity contribution is -0.132. The minimum absolute atomic E-state index is 0.0851. The lowest BCUT2D eigenvalue weighted by atomic mass is 10.0. The van der Waals surface area contributed by atoms with E-state index in [4.69, 9.17) is 16.3 Å². The zero-order valence-electron chi connectivity index (χ0n) is 12.6. The van der Waals surface area contributed by atoms with Crippen molar-refractivity contribution in [2.24, 2.45) is 0 Å². The van der Waals surface area contributed by atoms with E-state index < -0.39 is 5.60 Å². The van der Waals surface area contributed by atoms with Crippen molar-refractivity contribution in [2.45, 2.75) is 58.1 Å². The van der Waals surface area contributed by atoms with E-state index in [-0.39, 0.29) is 18.0 Å². The molecule has 1 saturated heterocycles. The second kappa shape index (κ2) is 7.72. The van der Waals surface area contributed by atoms with Gasteiger partial charge in [-0.2, -0.15) is 0 Å². The molecule has 0 unspecified atom stereocenters. The van der Waals surface area contributed by atoms with Gasteiger partial charge in [0.15, 0.2) is 0 Å². The van der Waals surface area contributed by atoms with Gasteiger partial charge in [-0.05, 0) is 40.0 Å². The van der Waals surface area contributed by atoms with Gasteiger partial charge in [-0.15, -0.1) is 11.6 Å². The molecule has 1 aliphatic heterocycles. The van der Waals surface area contributed by atoms with Crippen LogP contribution in [0.5, 0.6) is 0 Å². The molecule has 116 valence electrons. The highest BCUT2D eigenvalue weighted by Crippen LogP contribution is 2.14. The Morgan fingerprint density at radius 2 is 1.90 bits per heavy atom. The normalized spacial score (nSPS) is 16.9. The Hall–Kier alpha value is -0.970. The Balaban J connectivity index is 2.28. The average Bonchev–Trinajstić information content (AvgIpc) is 2.34. The number of alkyl carbamates (subject to hydrolysis) is 1. The molecule has 0 aromatic carbocycles. The molecule has 1 N–H and O–H groups in total.